The highest BCUT2D eigenvalue weighted by Crippen LogP contribution is 2.26. The summed E-state index contributed by atoms with van der Waals surface area (Å²) in [6, 6.07) is 9.50. The molecule has 0 bridgehead atoms. The average molecular weight is 428 g/mol. The van der Waals surface area contributed by atoms with Crippen molar-refractivity contribution in [1.29, 1.82) is 0 Å². The van der Waals surface area contributed by atoms with Crippen LogP contribution < -0.4 is 0 Å². The molecule has 0 aliphatic carbocycles. The summed E-state index contributed by atoms with van der Waals surface area (Å²) in [7, 11) is 0. The van der Waals surface area contributed by atoms with Crippen molar-refractivity contribution in [3.8, 4) is 0 Å². The molecule has 0 saturated carbocycles. The number of aliphatic hydroxyl groups excluding tert-OH is 6. The molecule has 3 rings (SSSR count). The Hall–Kier alpha value is -1.44. The third-order valence-electron chi connectivity index (χ3n) is 5.06. The van der Waals surface area contributed by atoms with Crippen LogP contribution in [0, 0.1) is 0 Å². The van der Waals surface area contributed by atoms with Crippen molar-refractivity contribution >= 4 is 6.08 Å². The average Bonchev–Trinajstić information content (AvgIpc) is 3.04. The van der Waals surface area contributed by atoms with Gasteiger partial charge in [-0.15, -0.1) is 0 Å². The van der Waals surface area contributed by atoms with E-state index in [2.05, 4.69) is 0 Å². The Morgan fingerprint density at radius 2 is 1.37 bits per heavy atom. The van der Waals surface area contributed by atoms with Crippen LogP contribution in [0.3, 0.4) is 0 Å². The molecule has 0 amide bonds. The van der Waals surface area contributed by atoms with E-state index in [1.54, 1.807) is 6.08 Å². The van der Waals surface area contributed by atoms with E-state index in [9.17, 15) is 25.5 Å². The maximum atomic E-state index is 10.2. The fourth-order valence-electron chi connectivity index (χ4n) is 3.28. The number of ether oxygens (including phenoxy) is 4. The molecule has 168 valence electrons. The molecule has 0 unspecified atom stereocenters. The minimum absolute atomic E-state index is 0.0852. The summed E-state index contributed by atoms with van der Waals surface area (Å²) in [6.45, 7) is -0.739. The summed E-state index contributed by atoms with van der Waals surface area (Å²) in [5.41, 5.74) is 0.964. The van der Waals surface area contributed by atoms with E-state index in [-0.39, 0.29) is 13.2 Å². The Balaban J connectivity index is 1.52. The molecular weight excluding hydrogens is 400 g/mol. The normalized spacial score (nSPS) is 39.6. The van der Waals surface area contributed by atoms with E-state index >= 15 is 0 Å². The third-order valence-corrected chi connectivity index (χ3v) is 5.06. The van der Waals surface area contributed by atoms with Gasteiger partial charge < -0.3 is 49.6 Å². The molecule has 2 heterocycles. The lowest BCUT2D eigenvalue weighted by atomic mass is 9.99. The largest absolute Gasteiger partial charge is 0.394 e. The summed E-state index contributed by atoms with van der Waals surface area (Å²) in [5.74, 6) is 0. The van der Waals surface area contributed by atoms with Crippen LogP contribution in [0.15, 0.2) is 36.4 Å². The first-order valence-corrected chi connectivity index (χ1v) is 9.69. The van der Waals surface area contributed by atoms with Gasteiger partial charge in [-0.3, -0.25) is 0 Å². The van der Waals surface area contributed by atoms with E-state index in [0.29, 0.717) is 0 Å². The molecule has 10 heteroatoms. The summed E-state index contributed by atoms with van der Waals surface area (Å²) in [5, 5.41) is 59.1. The molecule has 6 N–H and O–H groups in total. The Kier molecular flexibility index (Phi) is 8.31. The number of benzene rings is 1. The highest BCUT2D eigenvalue weighted by Gasteiger charge is 2.47. The van der Waals surface area contributed by atoms with Crippen LogP contribution in [-0.2, 0) is 18.9 Å². The fraction of sp³-hybridized carbons (Fsp3) is 0.600. The Labute approximate surface area is 173 Å². The van der Waals surface area contributed by atoms with E-state index in [1.165, 1.54) is 0 Å². The molecule has 2 aliphatic heterocycles. The zero-order chi connectivity index (χ0) is 21.7. The zero-order valence-corrected chi connectivity index (χ0v) is 16.2. The van der Waals surface area contributed by atoms with Gasteiger partial charge in [0.25, 0.3) is 0 Å². The second-order valence-electron chi connectivity index (χ2n) is 7.20. The van der Waals surface area contributed by atoms with Gasteiger partial charge in [0.1, 0.15) is 42.7 Å². The maximum absolute atomic E-state index is 10.2. The minimum atomic E-state index is -1.54. The highest BCUT2D eigenvalue weighted by molar-refractivity contribution is 5.48. The number of rotatable bonds is 8. The van der Waals surface area contributed by atoms with Crippen LogP contribution in [0.1, 0.15) is 5.56 Å². The summed E-state index contributed by atoms with van der Waals surface area (Å²) >= 11 is 0. The number of hydrogen-bond acceptors (Lipinski definition) is 10. The van der Waals surface area contributed by atoms with Crippen LogP contribution in [0.25, 0.3) is 6.08 Å². The molecular formula is C20H28O10. The molecule has 2 aliphatic rings. The van der Waals surface area contributed by atoms with Crippen molar-refractivity contribution in [2.45, 2.75) is 55.3 Å². The van der Waals surface area contributed by atoms with Crippen molar-refractivity contribution < 1.29 is 49.6 Å². The van der Waals surface area contributed by atoms with Crippen molar-refractivity contribution in [1.82, 2.24) is 0 Å². The first kappa shape index (κ1) is 23.2. The van der Waals surface area contributed by atoms with Crippen LogP contribution in [0.2, 0.25) is 0 Å². The van der Waals surface area contributed by atoms with Gasteiger partial charge in [-0.1, -0.05) is 42.5 Å². The number of aliphatic hydroxyl groups is 6. The summed E-state index contributed by atoms with van der Waals surface area (Å²) < 4.78 is 21.5. The van der Waals surface area contributed by atoms with Gasteiger partial charge in [0.05, 0.1) is 19.8 Å². The predicted octanol–water partition coefficient (Wildman–Crippen LogP) is -2.02. The predicted molar refractivity (Wildman–Crippen MR) is 102 cm³/mol. The van der Waals surface area contributed by atoms with Crippen LogP contribution in [0.5, 0.6) is 0 Å². The van der Waals surface area contributed by atoms with Crippen molar-refractivity contribution in [3.63, 3.8) is 0 Å². The Bertz CT molecular complexity index is 671. The second kappa shape index (κ2) is 10.7. The topological polar surface area (TPSA) is 158 Å². The second-order valence-corrected chi connectivity index (χ2v) is 7.20. The molecule has 30 heavy (non-hydrogen) atoms. The molecule has 1 aromatic rings. The van der Waals surface area contributed by atoms with Crippen LogP contribution in [-0.4, -0.2) is 106 Å². The van der Waals surface area contributed by atoms with Gasteiger partial charge in [0.15, 0.2) is 12.6 Å². The van der Waals surface area contributed by atoms with Gasteiger partial charge in [0.2, 0.25) is 0 Å². The number of hydrogen-bond donors (Lipinski definition) is 6. The van der Waals surface area contributed by atoms with Gasteiger partial charge in [-0.05, 0) is 5.56 Å². The summed E-state index contributed by atoms with van der Waals surface area (Å²) in [6.07, 6.45) is -8.23. The lowest BCUT2D eigenvalue weighted by Gasteiger charge is -2.40. The van der Waals surface area contributed by atoms with Crippen molar-refractivity contribution in [2.24, 2.45) is 0 Å². The van der Waals surface area contributed by atoms with Crippen molar-refractivity contribution in [2.75, 3.05) is 19.8 Å². The molecule has 1 aromatic carbocycles. The van der Waals surface area contributed by atoms with E-state index < -0.39 is 61.9 Å². The van der Waals surface area contributed by atoms with Gasteiger partial charge >= 0.3 is 0 Å². The molecule has 2 saturated heterocycles. The third kappa shape index (κ3) is 5.42. The molecule has 2 fully saturated rings. The van der Waals surface area contributed by atoms with E-state index in [0.717, 1.165) is 5.56 Å². The monoisotopic (exact) mass is 428 g/mol. The van der Waals surface area contributed by atoms with Crippen LogP contribution >= 0.6 is 0 Å². The molecule has 0 spiro atoms. The van der Waals surface area contributed by atoms with Gasteiger partial charge in [-0.25, -0.2) is 0 Å². The van der Waals surface area contributed by atoms with E-state index in [1.807, 2.05) is 36.4 Å². The lowest BCUT2D eigenvalue weighted by Crippen LogP contribution is -2.59. The highest BCUT2D eigenvalue weighted by atomic mass is 16.7. The van der Waals surface area contributed by atoms with Gasteiger partial charge in [0, 0.05) is 0 Å². The fourth-order valence-corrected chi connectivity index (χ4v) is 3.28. The quantitative estimate of drug-likeness (QED) is 0.273. The first-order valence-electron chi connectivity index (χ1n) is 9.69. The smallest absolute Gasteiger partial charge is 0.187 e. The maximum Gasteiger partial charge on any atom is 0.187 e. The van der Waals surface area contributed by atoms with Gasteiger partial charge in [-0.2, -0.15) is 0 Å². The molecule has 10 nitrogen and oxygen atoms in total. The Morgan fingerprint density at radius 1 is 0.767 bits per heavy atom. The van der Waals surface area contributed by atoms with Crippen molar-refractivity contribution in [3.05, 3.63) is 42.0 Å². The van der Waals surface area contributed by atoms with Crippen LogP contribution in [0.4, 0.5) is 0 Å². The molecule has 0 radical (unpaired) electrons. The minimum Gasteiger partial charge on any atom is -0.394 e. The zero-order valence-electron chi connectivity index (χ0n) is 16.2. The first-order chi connectivity index (χ1) is 14.4. The molecule has 0 aromatic heterocycles. The standard InChI is InChI=1S/C20H28O10/c21-9-12-14(22)17(25)20(29-12)28-10-13-15(23)16(24)18(26)19(30-13)27-8-4-7-11-5-2-1-3-6-11/h1-7,12-26H,8-10H2/b7-4+/t12-,13+,14-,15+,16-,17+,18+,19+,20+/m0/s1. The lowest BCUT2D eigenvalue weighted by molar-refractivity contribution is -0.307. The Morgan fingerprint density at radius 3 is 2.03 bits per heavy atom. The van der Waals surface area contributed by atoms with E-state index in [4.69, 9.17) is 24.1 Å². The SMILES string of the molecule is OC[C@@H]1O[C@@H](OC[C@H]2O[C@@H](OC/C=C/c3ccccc3)[C@H](O)[C@@H](O)[C@@H]2O)[C@H](O)[C@H]1O. The molecule has 9 atom stereocenters. The summed E-state index contributed by atoms with van der Waals surface area (Å²) in [4.78, 5) is 0.